The van der Waals surface area contributed by atoms with Gasteiger partial charge < -0.3 is 10.6 Å². The fraction of sp³-hybridized carbons (Fsp3) is 0.538. The van der Waals surface area contributed by atoms with Crippen LogP contribution in [0.25, 0.3) is 0 Å². The van der Waals surface area contributed by atoms with Crippen LogP contribution in [0.1, 0.15) is 32.3 Å². The predicted octanol–water partition coefficient (Wildman–Crippen LogP) is 3.34. The van der Waals surface area contributed by atoms with Gasteiger partial charge in [0.1, 0.15) is 5.82 Å². The van der Waals surface area contributed by atoms with Crippen molar-refractivity contribution in [1.29, 1.82) is 0 Å². The van der Waals surface area contributed by atoms with Crippen LogP contribution >= 0.6 is 0 Å². The molecule has 0 aliphatic heterocycles. The van der Waals surface area contributed by atoms with Crippen LogP contribution in [0.4, 0.5) is 15.8 Å². The number of hydrogen-bond acceptors (Lipinski definition) is 2. The molecule has 0 aliphatic carbocycles. The van der Waals surface area contributed by atoms with E-state index in [1.54, 1.807) is 6.92 Å². The van der Waals surface area contributed by atoms with Gasteiger partial charge in [0.05, 0.1) is 11.4 Å². The van der Waals surface area contributed by atoms with Crippen molar-refractivity contribution in [1.82, 2.24) is 0 Å². The van der Waals surface area contributed by atoms with Crippen LogP contribution in [-0.2, 0) is 0 Å². The van der Waals surface area contributed by atoms with Gasteiger partial charge in [0.15, 0.2) is 0 Å². The molecule has 1 rings (SSSR count). The molecular weight excluding hydrogens is 203 g/mol. The first-order valence-corrected chi connectivity index (χ1v) is 5.90. The third-order valence-corrected chi connectivity index (χ3v) is 2.81. The molecule has 1 aromatic carbocycles. The second-order valence-electron chi connectivity index (χ2n) is 4.09. The van der Waals surface area contributed by atoms with Crippen molar-refractivity contribution < 1.29 is 4.39 Å². The van der Waals surface area contributed by atoms with Gasteiger partial charge in [-0.3, -0.25) is 0 Å². The maximum Gasteiger partial charge on any atom is 0.128 e. The molecule has 0 aliphatic rings. The first-order chi connectivity index (χ1) is 7.60. The summed E-state index contributed by atoms with van der Waals surface area (Å²) in [5.41, 5.74) is 7.99. The van der Waals surface area contributed by atoms with Gasteiger partial charge in [-0.1, -0.05) is 13.3 Å². The minimum Gasteiger partial charge on any atom is -0.397 e. The minimum atomic E-state index is -0.229. The Morgan fingerprint density at radius 2 is 2.00 bits per heavy atom. The summed E-state index contributed by atoms with van der Waals surface area (Å²) in [6.45, 7) is 7.89. The third kappa shape index (κ3) is 2.87. The summed E-state index contributed by atoms with van der Waals surface area (Å²) in [5, 5.41) is 0. The van der Waals surface area contributed by atoms with E-state index in [-0.39, 0.29) is 5.82 Å². The van der Waals surface area contributed by atoms with E-state index in [9.17, 15) is 4.39 Å². The van der Waals surface area contributed by atoms with Crippen LogP contribution in [0.2, 0.25) is 0 Å². The summed E-state index contributed by atoms with van der Waals surface area (Å²) in [4.78, 5) is 2.20. The summed E-state index contributed by atoms with van der Waals surface area (Å²) >= 11 is 0. The summed E-state index contributed by atoms with van der Waals surface area (Å²) in [5.74, 6) is -0.229. The number of unbranched alkanes of at least 4 members (excludes halogenated alkanes) is 1. The van der Waals surface area contributed by atoms with Crippen molar-refractivity contribution in [2.75, 3.05) is 23.7 Å². The number of rotatable bonds is 5. The van der Waals surface area contributed by atoms with Gasteiger partial charge in [0, 0.05) is 13.1 Å². The Morgan fingerprint density at radius 3 is 2.56 bits per heavy atom. The van der Waals surface area contributed by atoms with Crippen LogP contribution in [0, 0.1) is 12.7 Å². The lowest BCUT2D eigenvalue weighted by molar-refractivity contribution is 0.618. The van der Waals surface area contributed by atoms with E-state index in [0.717, 1.165) is 31.6 Å². The fourth-order valence-corrected chi connectivity index (χ4v) is 1.75. The number of anilines is 2. The quantitative estimate of drug-likeness (QED) is 0.777. The lowest BCUT2D eigenvalue weighted by atomic mass is 10.1. The Labute approximate surface area is 97.3 Å². The Kier molecular flexibility index (Phi) is 4.59. The summed E-state index contributed by atoms with van der Waals surface area (Å²) in [7, 11) is 0. The molecule has 2 N–H and O–H groups in total. The standard InChI is InChI=1S/C13H21FN2/c1-4-6-7-16(5-2)13-8-10(3)11(14)9-12(13)15/h8-9H,4-7,15H2,1-3H3. The number of hydrogen-bond donors (Lipinski definition) is 1. The molecule has 16 heavy (non-hydrogen) atoms. The van der Waals surface area contributed by atoms with Crippen LogP contribution in [0.15, 0.2) is 12.1 Å². The van der Waals surface area contributed by atoms with Crippen molar-refractivity contribution in [2.45, 2.75) is 33.6 Å². The number of nitrogens with zero attached hydrogens (tertiary/aromatic N) is 1. The highest BCUT2D eigenvalue weighted by molar-refractivity contribution is 5.68. The second-order valence-corrected chi connectivity index (χ2v) is 4.09. The van der Waals surface area contributed by atoms with Crippen molar-refractivity contribution in [3.8, 4) is 0 Å². The van der Waals surface area contributed by atoms with Gasteiger partial charge in [-0.05, 0) is 38.0 Å². The van der Waals surface area contributed by atoms with Gasteiger partial charge in [-0.25, -0.2) is 4.39 Å². The molecule has 0 spiro atoms. The van der Waals surface area contributed by atoms with Gasteiger partial charge in [0.25, 0.3) is 0 Å². The zero-order valence-corrected chi connectivity index (χ0v) is 10.4. The minimum absolute atomic E-state index is 0.229. The molecule has 0 radical (unpaired) electrons. The van der Waals surface area contributed by atoms with Gasteiger partial charge in [-0.2, -0.15) is 0 Å². The van der Waals surface area contributed by atoms with E-state index < -0.39 is 0 Å². The number of aryl methyl sites for hydroxylation is 1. The number of nitrogens with two attached hydrogens (primary N) is 1. The first kappa shape index (κ1) is 12.8. The molecule has 0 heterocycles. The molecule has 0 amide bonds. The van der Waals surface area contributed by atoms with E-state index in [1.165, 1.54) is 6.07 Å². The Morgan fingerprint density at radius 1 is 1.31 bits per heavy atom. The Bertz CT molecular complexity index is 350. The van der Waals surface area contributed by atoms with Crippen molar-refractivity contribution in [3.63, 3.8) is 0 Å². The highest BCUT2D eigenvalue weighted by Gasteiger charge is 2.10. The smallest absolute Gasteiger partial charge is 0.128 e. The van der Waals surface area contributed by atoms with Crippen LogP contribution in [0.5, 0.6) is 0 Å². The van der Waals surface area contributed by atoms with Crippen molar-refractivity contribution in [3.05, 3.63) is 23.5 Å². The fourth-order valence-electron chi connectivity index (χ4n) is 1.75. The molecule has 0 unspecified atom stereocenters. The predicted molar refractivity (Wildman–Crippen MR) is 68.3 cm³/mol. The largest absolute Gasteiger partial charge is 0.397 e. The van der Waals surface area contributed by atoms with Gasteiger partial charge in [0.2, 0.25) is 0 Å². The lowest BCUT2D eigenvalue weighted by Crippen LogP contribution is -2.25. The van der Waals surface area contributed by atoms with E-state index in [0.29, 0.717) is 11.3 Å². The summed E-state index contributed by atoms with van der Waals surface area (Å²) < 4.78 is 13.3. The molecular formula is C13H21FN2. The summed E-state index contributed by atoms with van der Waals surface area (Å²) in [6.07, 6.45) is 2.28. The lowest BCUT2D eigenvalue weighted by Gasteiger charge is -2.25. The number of halogens is 1. The molecule has 0 saturated carbocycles. The average molecular weight is 224 g/mol. The monoisotopic (exact) mass is 224 g/mol. The van der Waals surface area contributed by atoms with Crippen LogP contribution in [-0.4, -0.2) is 13.1 Å². The van der Waals surface area contributed by atoms with Gasteiger partial charge in [-0.15, -0.1) is 0 Å². The molecule has 0 fully saturated rings. The number of benzene rings is 1. The van der Waals surface area contributed by atoms with Crippen LogP contribution in [0.3, 0.4) is 0 Å². The van der Waals surface area contributed by atoms with Crippen molar-refractivity contribution >= 4 is 11.4 Å². The highest BCUT2D eigenvalue weighted by Crippen LogP contribution is 2.26. The Hall–Kier alpha value is -1.25. The molecule has 0 atom stereocenters. The maximum atomic E-state index is 13.3. The maximum absolute atomic E-state index is 13.3. The zero-order valence-electron chi connectivity index (χ0n) is 10.4. The first-order valence-electron chi connectivity index (χ1n) is 5.90. The Balaban J connectivity index is 2.95. The average Bonchev–Trinajstić information content (AvgIpc) is 2.26. The molecule has 2 nitrogen and oxygen atoms in total. The molecule has 0 saturated heterocycles. The summed E-state index contributed by atoms with van der Waals surface area (Å²) in [6, 6.07) is 3.25. The van der Waals surface area contributed by atoms with Gasteiger partial charge >= 0.3 is 0 Å². The van der Waals surface area contributed by atoms with Crippen LogP contribution < -0.4 is 10.6 Å². The second kappa shape index (κ2) is 5.73. The zero-order chi connectivity index (χ0) is 12.1. The normalized spacial score (nSPS) is 10.5. The topological polar surface area (TPSA) is 29.3 Å². The van der Waals surface area contributed by atoms with E-state index in [1.807, 2.05) is 6.07 Å². The molecule has 90 valence electrons. The molecule has 3 heteroatoms. The molecule has 1 aromatic rings. The SMILES string of the molecule is CCCCN(CC)c1cc(C)c(F)cc1N. The molecule has 0 bridgehead atoms. The van der Waals surface area contributed by atoms with E-state index >= 15 is 0 Å². The van der Waals surface area contributed by atoms with E-state index in [2.05, 4.69) is 18.7 Å². The van der Waals surface area contributed by atoms with Crippen molar-refractivity contribution in [2.24, 2.45) is 0 Å². The third-order valence-electron chi connectivity index (χ3n) is 2.81. The highest BCUT2D eigenvalue weighted by atomic mass is 19.1. The van der Waals surface area contributed by atoms with E-state index in [4.69, 9.17) is 5.73 Å². The number of nitrogen functional groups attached to an aromatic ring is 1. The molecule has 0 aromatic heterocycles.